The predicted octanol–water partition coefficient (Wildman–Crippen LogP) is 2.22. The van der Waals surface area contributed by atoms with Gasteiger partial charge in [-0.05, 0) is 37.5 Å². The van der Waals surface area contributed by atoms with Gasteiger partial charge in [0.1, 0.15) is 6.61 Å². The number of carbonyl (C=O) groups is 3. The Bertz CT molecular complexity index is 626. The molecule has 7 nitrogen and oxygen atoms in total. The number of hydrogen-bond acceptors (Lipinski definition) is 5. The maximum atomic E-state index is 12.5. The lowest BCUT2D eigenvalue weighted by atomic mass is 10.1. The van der Waals surface area contributed by atoms with Crippen LogP contribution in [0.5, 0.6) is 0 Å². The molecule has 1 fully saturated rings. The summed E-state index contributed by atoms with van der Waals surface area (Å²) in [5, 5.41) is 2.72. The Balaban J connectivity index is 1.82. The first-order chi connectivity index (χ1) is 12.6. The average molecular weight is 362 g/mol. The molecule has 1 aliphatic rings. The smallest absolute Gasteiger partial charge is 0.306 e. The number of ether oxygens (including phenoxy) is 2. The zero-order valence-electron chi connectivity index (χ0n) is 15.2. The Morgan fingerprint density at radius 2 is 1.85 bits per heavy atom. The lowest BCUT2D eigenvalue weighted by Crippen LogP contribution is -2.35. The molecule has 1 saturated heterocycles. The van der Waals surface area contributed by atoms with Crippen LogP contribution in [0.25, 0.3) is 0 Å². The minimum atomic E-state index is -0.439. The van der Waals surface area contributed by atoms with Gasteiger partial charge in [0.15, 0.2) is 0 Å². The van der Waals surface area contributed by atoms with E-state index in [1.165, 1.54) is 7.11 Å². The van der Waals surface area contributed by atoms with E-state index in [1.54, 1.807) is 24.3 Å². The first-order valence-corrected chi connectivity index (χ1v) is 8.94. The van der Waals surface area contributed by atoms with Gasteiger partial charge in [0.25, 0.3) is 5.91 Å². The van der Waals surface area contributed by atoms with Crippen LogP contribution in [0.4, 0.5) is 5.69 Å². The van der Waals surface area contributed by atoms with E-state index in [1.807, 2.05) is 4.90 Å². The van der Waals surface area contributed by atoms with Crippen molar-refractivity contribution in [1.29, 1.82) is 0 Å². The van der Waals surface area contributed by atoms with Gasteiger partial charge in [-0.25, -0.2) is 0 Å². The minimum absolute atomic E-state index is 0.00193. The van der Waals surface area contributed by atoms with Crippen LogP contribution in [0.3, 0.4) is 0 Å². The fourth-order valence-corrected chi connectivity index (χ4v) is 2.76. The molecule has 1 heterocycles. The van der Waals surface area contributed by atoms with Crippen molar-refractivity contribution in [3.05, 3.63) is 29.8 Å². The van der Waals surface area contributed by atoms with Gasteiger partial charge >= 0.3 is 5.97 Å². The fourth-order valence-electron chi connectivity index (χ4n) is 2.76. The summed E-state index contributed by atoms with van der Waals surface area (Å²) in [4.78, 5) is 37.8. The zero-order valence-corrected chi connectivity index (χ0v) is 15.2. The molecular formula is C19H26N2O5. The highest BCUT2D eigenvalue weighted by Crippen LogP contribution is 2.16. The molecule has 2 rings (SSSR count). The first kappa shape index (κ1) is 19.9. The van der Waals surface area contributed by atoms with Crippen molar-refractivity contribution in [2.24, 2.45) is 0 Å². The fraction of sp³-hybridized carbons (Fsp3) is 0.526. The van der Waals surface area contributed by atoms with E-state index in [4.69, 9.17) is 9.47 Å². The Morgan fingerprint density at radius 3 is 2.58 bits per heavy atom. The third kappa shape index (κ3) is 6.48. The summed E-state index contributed by atoms with van der Waals surface area (Å²) in [6, 6.07) is 6.89. The van der Waals surface area contributed by atoms with E-state index in [9.17, 15) is 14.4 Å². The van der Waals surface area contributed by atoms with Crippen molar-refractivity contribution >= 4 is 23.5 Å². The van der Waals surface area contributed by atoms with Gasteiger partial charge in [-0.2, -0.15) is 0 Å². The van der Waals surface area contributed by atoms with E-state index in [0.29, 0.717) is 17.9 Å². The van der Waals surface area contributed by atoms with Crippen LogP contribution in [0.2, 0.25) is 0 Å². The van der Waals surface area contributed by atoms with Gasteiger partial charge in [-0.3, -0.25) is 14.4 Å². The van der Waals surface area contributed by atoms with Crippen molar-refractivity contribution in [3.63, 3.8) is 0 Å². The number of piperidine rings is 1. The van der Waals surface area contributed by atoms with Crippen LogP contribution in [0.15, 0.2) is 24.3 Å². The molecule has 2 amide bonds. The molecule has 0 unspecified atom stereocenters. The topological polar surface area (TPSA) is 84.9 Å². The van der Waals surface area contributed by atoms with Gasteiger partial charge in [0, 0.05) is 37.9 Å². The Kier molecular flexibility index (Phi) is 8.08. The number of amides is 2. The van der Waals surface area contributed by atoms with Gasteiger partial charge in [-0.1, -0.05) is 6.07 Å². The van der Waals surface area contributed by atoms with Crippen LogP contribution in [-0.2, 0) is 19.1 Å². The van der Waals surface area contributed by atoms with E-state index in [2.05, 4.69) is 5.32 Å². The summed E-state index contributed by atoms with van der Waals surface area (Å²) in [6.07, 6.45) is 3.25. The standard InChI is InChI=1S/C19H26N2O5/c1-25-12-13-26-18(23)9-8-17(22)20-16-7-5-6-15(14-16)19(24)21-10-3-2-4-11-21/h5-7,14H,2-4,8-13H2,1H3,(H,20,22). The molecule has 142 valence electrons. The van der Waals surface area contributed by atoms with E-state index < -0.39 is 5.97 Å². The van der Waals surface area contributed by atoms with Crippen LogP contribution in [0, 0.1) is 0 Å². The molecular weight excluding hydrogens is 336 g/mol. The predicted molar refractivity (Wildman–Crippen MR) is 96.9 cm³/mol. The largest absolute Gasteiger partial charge is 0.463 e. The second-order valence-corrected chi connectivity index (χ2v) is 6.20. The third-order valence-electron chi connectivity index (χ3n) is 4.14. The quantitative estimate of drug-likeness (QED) is 0.566. The van der Waals surface area contributed by atoms with Gasteiger partial charge < -0.3 is 19.7 Å². The Labute approximate surface area is 153 Å². The van der Waals surface area contributed by atoms with Gasteiger partial charge in [0.2, 0.25) is 5.91 Å². The van der Waals surface area contributed by atoms with Gasteiger partial charge in [-0.15, -0.1) is 0 Å². The number of nitrogens with one attached hydrogen (secondary N) is 1. The first-order valence-electron chi connectivity index (χ1n) is 8.94. The lowest BCUT2D eigenvalue weighted by molar-refractivity contribution is -0.145. The number of hydrogen-bond donors (Lipinski definition) is 1. The Hall–Kier alpha value is -2.41. The molecule has 0 spiro atoms. The molecule has 1 aliphatic heterocycles. The maximum absolute atomic E-state index is 12.5. The summed E-state index contributed by atoms with van der Waals surface area (Å²) in [5.41, 5.74) is 1.11. The summed E-state index contributed by atoms with van der Waals surface area (Å²) in [6.45, 7) is 2.06. The molecule has 1 N–H and O–H groups in total. The molecule has 26 heavy (non-hydrogen) atoms. The van der Waals surface area contributed by atoms with Gasteiger partial charge in [0.05, 0.1) is 13.0 Å². The number of esters is 1. The van der Waals surface area contributed by atoms with Crippen LogP contribution < -0.4 is 5.32 Å². The zero-order chi connectivity index (χ0) is 18.8. The molecule has 0 saturated carbocycles. The number of rotatable bonds is 8. The van der Waals surface area contributed by atoms with Crippen molar-refractivity contribution < 1.29 is 23.9 Å². The number of anilines is 1. The second-order valence-electron chi connectivity index (χ2n) is 6.20. The molecule has 7 heteroatoms. The van der Waals surface area contributed by atoms with Crippen LogP contribution >= 0.6 is 0 Å². The summed E-state index contributed by atoms with van der Waals surface area (Å²) >= 11 is 0. The number of likely N-dealkylation sites (tertiary alicyclic amines) is 1. The van der Waals surface area contributed by atoms with Crippen molar-refractivity contribution in [2.45, 2.75) is 32.1 Å². The molecule has 0 atom stereocenters. The van der Waals surface area contributed by atoms with Crippen LogP contribution in [0.1, 0.15) is 42.5 Å². The highest BCUT2D eigenvalue weighted by atomic mass is 16.6. The molecule has 0 radical (unpaired) electrons. The molecule has 0 bridgehead atoms. The summed E-state index contributed by atoms with van der Waals surface area (Å²) < 4.78 is 9.69. The monoisotopic (exact) mass is 362 g/mol. The SMILES string of the molecule is COCCOC(=O)CCC(=O)Nc1cccc(C(=O)N2CCCCC2)c1. The van der Waals surface area contributed by atoms with Crippen molar-refractivity contribution in [2.75, 3.05) is 38.7 Å². The Morgan fingerprint density at radius 1 is 1.08 bits per heavy atom. The minimum Gasteiger partial charge on any atom is -0.463 e. The number of nitrogens with zero attached hydrogens (tertiary/aromatic N) is 1. The number of carbonyl (C=O) groups excluding carboxylic acids is 3. The summed E-state index contributed by atoms with van der Waals surface area (Å²) in [5.74, 6) is -0.745. The van der Waals surface area contributed by atoms with E-state index in [0.717, 1.165) is 32.4 Å². The number of methoxy groups -OCH3 is 1. The third-order valence-corrected chi connectivity index (χ3v) is 4.14. The molecule has 1 aromatic carbocycles. The average Bonchev–Trinajstić information content (AvgIpc) is 2.67. The maximum Gasteiger partial charge on any atom is 0.306 e. The normalized spacial score (nSPS) is 14.0. The van der Waals surface area contributed by atoms with E-state index in [-0.39, 0.29) is 31.3 Å². The molecule has 0 aromatic heterocycles. The number of benzene rings is 1. The second kappa shape index (κ2) is 10.6. The summed E-state index contributed by atoms with van der Waals surface area (Å²) in [7, 11) is 1.52. The van der Waals surface area contributed by atoms with Crippen molar-refractivity contribution in [1.82, 2.24) is 4.90 Å². The molecule has 0 aliphatic carbocycles. The molecule has 1 aromatic rings. The highest BCUT2D eigenvalue weighted by molar-refractivity contribution is 5.97. The van der Waals surface area contributed by atoms with Crippen molar-refractivity contribution in [3.8, 4) is 0 Å². The highest BCUT2D eigenvalue weighted by Gasteiger charge is 2.18. The van der Waals surface area contributed by atoms with Crippen LogP contribution in [-0.4, -0.2) is 56.1 Å². The lowest BCUT2D eigenvalue weighted by Gasteiger charge is -2.26. The van der Waals surface area contributed by atoms with E-state index >= 15 is 0 Å².